The fraction of sp³-hybridized carbons (Fsp3) is 0. The van der Waals surface area contributed by atoms with Gasteiger partial charge in [-0.3, -0.25) is 0 Å². The van der Waals surface area contributed by atoms with Gasteiger partial charge in [-0.15, -0.1) is 0 Å². The van der Waals surface area contributed by atoms with Crippen LogP contribution in [0.25, 0.3) is 200 Å². The first-order chi connectivity index (χ1) is 55.5. The zero-order valence-corrected chi connectivity index (χ0v) is 60.7. The van der Waals surface area contributed by atoms with E-state index in [4.69, 9.17) is 24.9 Å². The second kappa shape index (κ2) is 27.5. The maximum absolute atomic E-state index is 5.06. The molecule has 22 aromatic rings. The maximum Gasteiger partial charge on any atom is 0.164 e. The summed E-state index contributed by atoms with van der Waals surface area (Å²) in [6.45, 7) is 0. The van der Waals surface area contributed by atoms with E-state index >= 15 is 0 Å². The minimum atomic E-state index is 0.639. The van der Waals surface area contributed by atoms with E-state index in [0.29, 0.717) is 23.3 Å². The molecule has 0 fully saturated rings. The van der Waals surface area contributed by atoms with Gasteiger partial charge in [0, 0.05) is 99.2 Å². The van der Waals surface area contributed by atoms with E-state index in [1.165, 1.54) is 98.6 Å². The molecule has 0 aliphatic rings. The molecule has 0 amide bonds. The van der Waals surface area contributed by atoms with Gasteiger partial charge in [0.25, 0.3) is 0 Å². The van der Waals surface area contributed by atoms with Crippen molar-refractivity contribution in [2.24, 2.45) is 0 Å². The van der Waals surface area contributed by atoms with Crippen LogP contribution in [0, 0.1) is 0 Å². The Kier molecular flexibility index (Phi) is 16.0. The zero-order valence-electron chi connectivity index (χ0n) is 60.7. The van der Waals surface area contributed by atoms with Gasteiger partial charge < -0.3 is 18.3 Å². The fourth-order valence-electron chi connectivity index (χ4n) is 16.4. The SMILES string of the molecule is c1ccc(-c2cc(-c3ccccc3)nc(-c3ccc(-n4c5ccccc5c5cc(-c6ccc7c(c6)c6ccccc6n7-c6ccccc6)ccc54)cc3)n2)cc1.c1ccc(-c2nc(-c3ccccc3)nc(-c3ccc(-n4c5ccccc5c5cc(-c6ccc7c(c6)c6ccccc6n7-c6ccccc6)ccc54)cc3)n2)cc1. The van der Waals surface area contributed by atoms with Gasteiger partial charge in [-0.2, -0.15) is 0 Å². The lowest BCUT2D eigenvalue weighted by molar-refractivity contribution is 1.07. The molecular formula is C103H67N9. The Labute approximate surface area is 645 Å². The van der Waals surface area contributed by atoms with Gasteiger partial charge in [-0.05, 0) is 174 Å². The molecule has 0 saturated carbocycles. The average Bonchev–Trinajstić information content (AvgIpc) is 1.58. The number of nitrogens with zero attached hydrogens (tertiary/aromatic N) is 9. The molecule has 6 heterocycles. The Morgan fingerprint density at radius 1 is 0.134 bits per heavy atom. The predicted octanol–water partition coefficient (Wildman–Crippen LogP) is 26.1. The van der Waals surface area contributed by atoms with Gasteiger partial charge >= 0.3 is 0 Å². The van der Waals surface area contributed by atoms with Gasteiger partial charge in [0.1, 0.15) is 0 Å². The number of hydrogen-bond acceptors (Lipinski definition) is 5. The smallest absolute Gasteiger partial charge is 0.164 e. The van der Waals surface area contributed by atoms with Crippen LogP contribution in [0.1, 0.15) is 0 Å². The van der Waals surface area contributed by atoms with E-state index in [2.05, 4.69) is 328 Å². The Bertz CT molecular complexity index is 6760. The minimum Gasteiger partial charge on any atom is -0.309 e. The van der Waals surface area contributed by atoms with Crippen LogP contribution in [0.2, 0.25) is 0 Å². The summed E-state index contributed by atoms with van der Waals surface area (Å²) in [7, 11) is 0. The highest BCUT2D eigenvalue weighted by Crippen LogP contribution is 2.42. The molecule has 0 aliphatic heterocycles. The predicted molar refractivity (Wildman–Crippen MR) is 463 cm³/mol. The average molecular weight is 1430 g/mol. The lowest BCUT2D eigenvalue weighted by Gasteiger charge is -2.11. The van der Waals surface area contributed by atoms with E-state index in [9.17, 15) is 0 Å². The summed E-state index contributed by atoms with van der Waals surface area (Å²) in [6, 6.07) is 144. The van der Waals surface area contributed by atoms with E-state index in [-0.39, 0.29) is 0 Å². The van der Waals surface area contributed by atoms with Gasteiger partial charge in [0.05, 0.1) is 55.5 Å². The standard InChI is InChI=1S/C52H34N4.C51H33N5/c1-4-14-35(15-5-1)46-34-47(36-16-6-2-7-17-36)54-52(53-46)37-24-28-41(29-25-37)56-49-23-13-11-21-43(49)45-33-39(27-31-51(45)56)38-26-30-50-44(32-38)42-20-10-12-22-48(42)55(50)40-18-8-3-9-19-40;1-4-14-34(15-5-1)49-52-50(35-16-6-2-7-17-35)54-51(53-49)36-24-28-40(29-25-36)56-46-23-13-11-21-42(46)44-33-38(27-31-48(44)56)37-26-30-47-43(32-37)41-20-10-12-22-45(41)55(47)39-18-8-3-9-19-39/h1-34H;1-33H. The quantitative estimate of drug-likeness (QED) is 0.122. The maximum atomic E-state index is 5.06. The van der Waals surface area contributed by atoms with E-state index in [1.807, 2.05) is 97.1 Å². The number of benzene rings is 16. The third-order valence-electron chi connectivity index (χ3n) is 21.7. The number of aromatic nitrogens is 9. The van der Waals surface area contributed by atoms with Gasteiger partial charge in [-0.25, -0.2) is 24.9 Å². The first kappa shape index (κ1) is 65.1. The Morgan fingerprint density at radius 2 is 0.339 bits per heavy atom. The van der Waals surface area contributed by atoms with Crippen molar-refractivity contribution >= 4 is 87.2 Å². The summed E-state index contributed by atoms with van der Waals surface area (Å²) in [5, 5.41) is 9.87. The zero-order chi connectivity index (χ0) is 74.0. The Morgan fingerprint density at radius 3 is 0.625 bits per heavy atom. The summed E-state index contributed by atoms with van der Waals surface area (Å²) in [6.07, 6.45) is 0. The van der Waals surface area contributed by atoms with Crippen LogP contribution in [-0.2, 0) is 0 Å². The third-order valence-corrected chi connectivity index (χ3v) is 21.7. The number of rotatable bonds is 12. The van der Waals surface area contributed by atoms with Gasteiger partial charge in [0.2, 0.25) is 0 Å². The molecule has 112 heavy (non-hydrogen) atoms. The molecule has 0 saturated heterocycles. The normalized spacial score (nSPS) is 11.6. The summed E-state index contributed by atoms with van der Waals surface area (Å²) in [5.74, 6) is 2.64. The number of para-hydroxylation sites is 6. The second-order valence-corrected chi connectivity index (χ2v) is 28.3. The molecule has 0 atom stereocenters. The van der Waals surface area contributed by atoms with Crippen molar-refractivity contribution in [2.75, 3.05) is 0 Å². The van der Waals surface area contributed by atoms with Crippen LogP contribution in [0.3, 0.4) is 0 Å². The first-order valence-electron chi connectivity index (χ1n) is 37.9. The molecule has 0 unspecified atom stereocenters. The monoisotopic (exact) mass is 1430 g/mol. The molecule has 0 aliphatic carbocycles. The number of hydrogen-bond donors (Lipinski definition) is 0. The van der Waals surface area contributed by atoms with Crippen LogP contribution in [0.4, 0.5) is 0 Å². The number of fused-ring (bicyclic) bond motifs is 12. The van der Waals surface area contributed by atoms with Gasteiger partial charge in [-0.1, -0.05) is 255 Å². The van der Waals surface area contributed by atoms with Crippen molar-refractivity contribution in [1.29, 1.82) is 0 Å². The molecule has 6 aromatic heterocycles. The van der Waals surface area contributed by atoms with Crippen LogP contribution < -0.4 is 0 Å². The van der Waals surface area contributed by atoms with Crippen molar-refractivity contribution in [3.05, 3.63) is 406 Å². The first-order valence-corrected chi connectivity index (χ1v) is 37.9. The molecule has 0 spiro atoms. The van der Waals surface area contributed by atoms with Crippen molar-refractivity contribution in [3.8, 4) is 113 Å². The molecule has 16 aromatic carbocycles. The van der Waals surface area contributed by atoms with E-state index in [0.717, 1.165) is 78.4 Å². The summed E-state index contributed by atoms with van der Waals surface area (Å²) >= 11 is 0. The van der Waals surface area contributed by atoms with E-state index < -0.39 is 0 Å². The van der Waals surface area contributed by atoms with Crippen molar-refractivity contribution in [3.63, 3.8) is 0 Å². The summed E-state index contributed by atoms with van der Waals surface area (Å²) in [4.78, 5) is 24.9. The highest BCUT2D eigenvalue weighted by atomic mass is 15.0. The molecule has 524 valence electrons. The molecule has 9 heteroatoms. The van der Waals surface area contributed by atoms with Crippen molar-refractivity contribution in [2.45, 2.75) is 0 Å². The van der Waals surface area contributed by atoms with Crippen LogP contribution in [-0.4, -0.2) is 43.2 Å². The highest BCUT2D eigenvalue weighted by Gasteiger charge is 2.21. The van der Waals surface area contributed by atoms with Crippen molar-refractivity contribution in [1.82, 2.24) is 43.2 Å². The minimum absolute atomic E-state index is 0.639. The topological polar surface area (TPSA) is 84.2 Å². The molecule has 0 N–H and O–H groups in total. The second-order valence-electron chi connectivity index (χ2n) is 28.3. The van der Waals surface area contributed by atoms with Crippen LogP contribution >= 0.6 is 0 Å². The highest BCUT2D eigenvalue weighted by molar-refractivity contribution is 6.15. The van der Waals surface area contributed by atoms with E-state index in [1.54, 1.807) is 0 Å². The lowest BCUT2D eigenvalue weighted by Crippen LogP contribution is -2.00. The van der Waals surface area contributed by atoms with Crippen LogP contribution in [0.15, 0.2) is 406 Å². The van der Waals surface area contributed by atoms with Gasteiger partial charge in [0.15, 0.2) is 23.3 Å². The molecule has 0 radical (unpaired) electrons. The molecular weight excluding hydrogens is 1360 g/mol. The van der Waals surface area contributed by atoms with Crippen LogP contribution in [0.5, 0.6) is 0 Å². The van der Waals surface area contributed by atoms with Crippen molar-refractivity contribution < 1.29 is 0 Å². The lowest BCUT2D eigenvalue weighted by atomic mass is 10.0. The summed E-state index contributed by atoms with van der Waals surface area (Å²) < 4.78 is 9.45. The molecule has 0 bridgehead atoms. The molecule has 9 nitrogen and oxygen atoms in total. The molecule has 22 rings (SSSR count). The third kappa shape index (κ3) is 11.5. The largest absolute Gasteiger partial charge is 0.309 e. The Balaban J connectivity index is 0.000000141. The Hall–Kier alpha value is -15.2. The summed E-state index contributed by atoms with van der Waals surface area (Å²) in [5.41, 5.74) is 26.5. The fourth-order valence-corrected chi connectivity index (χ4v) is 16.4.